The fourth-order valence-corrected chi connectivity index (χ4v) is 0.561. The Kier molecular flexibility index (Phi) is 0.947. The Labute approximate surface area is 41.5 Å². The smallest absolute Gasteiger partial charge is 0.158 e. The largest absolute Gasteiger partial charge is 0.389 e. The minimum Gasteiger partial charge on any atom is -0.389 e. The molecule has 0 aromatic heterocycles. The molecule has 1 aliphatic carbocycles. The lowest BCUT2D eigenvalue weighted by molar-refractivity contribution is -0.114. The van der Waals surface area contributed by atoms with Crippen LogP contribution in [0.5, 0.6) is 0 Å². The van der Waals surface area contributed by atoms with Crippen LogP contribution in [0.2, 0.25) is 0 Å². The van der Waals surface area contributed by atoms with Crippen LogP contribution in [-0.4, -0.2) is 17.0 Å². The molecule has 1 atom stereocenters. The molecule has 0 fully saturated rings. The van der Waals surface area contributed by atoms with Crippen molar-refractivity contribution in [3.8, 4) is 0 Å². The molecule has 0 saturated carbocycles. The van der Waals surface area contributed by atoms with Gasteiger partial charge in [-0.05, 0) is 6.08 Å². The molecule has 0 bridgehead atoms. The highest BCUT2D eigenvalue weighted by Gasteiger charge is 2.10. The van der Waals surface area contributed by atoms with E-state index in [1.807, 2.05) is 0 Å². The number of hydrogen-bond acceptors (Lipinski definition) is 2. The predicted octanol–water partition coefficient (Wildman–Crippen LogP) is -0.124. The van der Waals surface area contributed by atoms with E-state index in [0.29, 0.717) is 0 Å². The summed E-state index contributed by atoms with van der Waals surface area (Å²) in [7, 11) is 0. The van der Waals surface area contributed by atoms with Crippen molar-refractivity contribution in [2.24, 2.45) is 0 Å². The lowest BCUT2D eigenvalue weighted by Gasteiger charge is -1.88. The molecule has 0 heterocycles. The monoisotopic (exact) mass is 98.0 g/mol. The van der Waals surface area contributed by atoms with Crippen LogP contribution >= 0.6 is 0 Å². The van der Waals surface area contributed by atoms with Gasteiger partial charge in [0.2, 0.25) is 0 Å². The number of carbonyl (C=O) groups is 1. The van der Waals surface area contributed by atoms with Gasteiger partial charge in [-0.2, -0.15) is 0 Å². The third-order valence-corrected chi connectivity index (χ3v) is 0.915. The number of rotatable bonds is 0. The van der Waals surface area contributed by atoms with Crippen LogP contribution in [0, 0.1) is 0 Å². The van der Waals surface area contributed by atoms with E-state index < -0.39 is 6.10 Å². The Hall–Kier alpha value is -0.630. The Balaban J connectivity index is 2.58. The normalized spacial score (nSPS) is 29.3. The quantitative estimate of drug-likeness (QED) is 0.458. The SMILES string of the molecule is O=C1C=C[C@H](O)C1. The molecule has 1 N–H and O–H groups in total. The summed E-state index contributed by atoms with van der Waals surface area (Å²) < 4.78 is 0. The first-order chi connectivity index (χ1) is 3.29. The van der Waals surface area contributed by atoms with Crippen LogP contribution in [0.15, 0.2) is 12.2 Å². The number of hydrogen-bond donors (Lipinski definition) is 1. The fraction of sp³-hybridized carbons (Fsp3) is 0.400. The second kappa shape index (κ2) is 1.46. The molecule has 0 aromatic rings. The molecule has 0 aliphatic heterocycles. The highest BCUT2D eigenvalue weighted by atomic mass is 16.3. The van der Waals surface area contributed by atoms with Crippen molar-refractivity contribution < 1.29 is 9.90 Å². The van der Waals surface area contributed by atoms with Crippen molar-refractivity contribution in [2.75, 3.05) is 0 Å². The number of aliphatic hydroxyl groups is 1. The fourth-order valence-electron chi connectivity index (χ4n) is 0.561. The summed E-state index contributed by atoms with van der Waals surface area (Å²) in [6, 6.07) is 0. The van der Waals surface area contributed by atoms with Gasteiger partial charge in [-0.3, -0.25) is 4.79 Å². The van der Waals surface area contributed by atoms with Crippen molar-refractivity contribution in [3.63, 3.8) is 0 Å². The predicted molar refractivity (Wildman–Crippen MR) is 24.8 cm³/mol. The lowest BCUT2D eigenvalue weighted by atomic mass is 10.3. The summed E-state index contributed by atoms with van der Waals surface area (Å²) in [5.41, 5.74) is 0. The van der Waals surface area contributed by atoms with Crippen molar-refractivity contribution in [1.82, 2.24) is 0 Å². The van der Waals surface area contributed by atoms with E-state index in [9.17, 15) is 4.79 Å². The maximum Gasteiger partial charge on any atom is 0.158 e. The number of ketones is 1. The van der Waals surface area contributed by atoms with E-state index in [2.05, 4.69) is 0 Å². The highest BCUT2D eigenvalue weighted by Crippen LogP contribution is 2.03. The van der Waals surface area contributed by atoms with Gasteiger partial charge in [0.05, 0.1) is 6.10 Å². The van der Waals surface area contributed by atoms with Gasteiger partial charge < -0.3 is 5.11 Å². The Morgan fingerprint density at radius 2 is 2.57 bits per heavy atom. The van der Waals surface area contributed by atoms with Crippen molar-refractivity contribution in [3.05, 3.63) is 12.2 Å². The van der Waals surface area contributed by atoms with Crippen LogP contribution in [0.25, 0.3) is 0 Å². The highest BCUT2D eigenvalue weighted by molar-refractivity contribution is 5.92. The van der Waals surface area contributed by atoms with E-state index in [1.165, 1.54) is 12.2 Å². The van der Waals surface area contributed by atoms with Gasteiger partial charge in [0.15, 0.2) is 5.78 Å². The van der Waals surface area contributed by atoms with Crippen molar-refractivity contribution >= 4 is 5.78 Å². The molecule has 0 radical (unpaired) electrons. The van der Waals surface area contributed by atoms with Gasteiger partial charge in [0.1, 0.15) is 0 Å². The first-order valence-corrected chi connectivity index (χ1v) is 2.18. The van der Waals surface area contributed by atoms with E-state index in [4.69, 9.17) is 5.11 Å². The lowest BCUT2D eigenvalue weighted by Crippen LogP contribution is -1.99. The topological polar surface area (TPSA) is 37.3 Å². The van der Waals surface area contributed by atoms with E-state index in [-0.39, 0.29) is 12.2 Å². The van der Waals surface area contributed by atoms with Gasteiger partial charge >= 0.3 is 0 Å². The molecular weight excluding hydrogens is 92.1 g/mol. The molecule has 0 unspecified atom stereocenters. The molecule has 7 heavy (non-hydrogen) atoms. The zero-order valence-corrected chi connectivity index (χ0v) is 3.79. The molecule has 0 aromatic carbocycles. The average Bonchev–Trinajstić information content (AvgIpc) is 1.87. The summed E-state index contributed by atoms with van der Waals surface area (Å²) in [4.78, 5) is 10.2. The zero-order valence-electron chi connectivity index (χ0n) is 3.79. The van der Waals surface area contributed by atoms with E-state index in [0.717, 1.165) is 0 Å². The molecule has 0 spiro atoms. The van der Waals surface area contributed by atoms with E-state index >= 15 is 0 Å². The molecule has 2 nitrogen and oxygen atoms in total. The summed E-state index contributed by atoms with van der Waals surface area (Å²) in [5, 5.41) is 8.59. The van der Waals surface area contributed by atoms with Crippen molar-refractivity contribution in [2.45, 2.75) is 12.5 Å². The van der Waals surface area contributed by atoms with Gasteiger partial charge in [-0.15, -0.1) is 0 Å². The first kappa shape index (κ1) is 4.53. The summed E-state index contributed by atoms with van der Waals surface area (Å²) >= 11 is 0. The summed E-state index contributed by atoms with van der Waals surface area (Å²) in [6.45, 7) is 0. The van der Waals surface area contributed by atoms with Crippen LogP contribution in [0.1, 0.15) is 6.42 Å². The maximum atomic E-state index is 10.2. The third kappa shape index (κ3) is 0.871. The molecule has 38 valence electrons. The number of allylic oxidation sites excluding steroid dienone is 1. The van der Waals surface area contributed by atoms with Gasteiger partial charge in [-0.1, -0.05) is 6.08 Å². The van der Waals surface area contributed by atoms with E-state index in [1.54, 1.807) is 0 Å². The van der Waals surface area contributed by atoms with Crippen LogP contribution < -0.4 is 0 Å². The summed E-state index contributed by atoms with van der Waals surface area (Å²) in [5.74, 6) is 0.0208. The summed E-state index contributed by atoms with van der Waals surface area (Å²) in [6.07, 6.45) is 2.68. The van der Waals surface area contributed by atoms with Crippen molar-refractivity contribution in [1.29, 1.82) is 0 Å². The Morgan fingerprint density at radius 1 is 1.86 bits per heavy atom. The molecule has 1 rings (SSSR count). The molecule has 0 saturated heterocycles. The molecule has 1 aliphatic rings. The molecular formula is C5H6O2. The second-order valence-corrected chi connectivity index (χ2v) is 1.60. The van der Waals surface area contributed by atoms with Gasteiger partial charge in [0, 0.05) is 6.42 Å². The second-order valence-electron chi connectivity index (χ2n) is 1.60. The molecule has 2 heteroatoms. The Morgan fingerprint density at radius 3 is 2.71 bits per heavy atom. The molecule has 0 amide bonds. The van der Waals surface area contributed by atoms with Crippen LogP contribution in [-0.2, 0) is 4.79 Å². The van der Waals surface area contributed by atoms with Gasteiger partial charge in [0.25, 0.3) is 0 Å². The van der Waals surface area contributed by atoms with Gasteiger partial charge in [-0.25, -0.2) is 0 Å². The minimum absolute atomic E-state index is 0.0208. The maximum absolute atomic E-state index is 10.2. The number of aliphatic hydroxyl groups excluding tert-OH is 1. The first-order valence-electron chi connectivity index (χ1n) is 2.18. The standard InChI is InChI=1S/C5H6O2/c6-4-1-2-5(7)3-4/h1-2,4,6H,3H2/t4-/m0/s1. The minimum atomic E-state index is -0.507. The van der Waals surface area contributed by atoms with Crippen LogP contribution in [0.4, 0.5) is 0 Å². The number of carbonyl (C=O) groups excluding carboxylic acids is 1. The average molecular weight is 98.1 g/mol. The third-order valence-electron chi connectivity index (χ3n) is 0.915. The van der Waals surface area contributed by atoms with Crippen LogP contribution in [0.3, 0.4) is 0 Å². The zero-order chi connectivity index (χ0) is 5.28. The Bertz CT molecular complexity index is 115.